The van der Waals surface area contributed by atoms with Crippen molar-refractivity contribution in [2.75, 3.05) is 32.8 Å². The van der Waals surface area contributed by atoms with Gasteiger partial charge in [-0.1, -0.05) is 6.07 Å². The Morgan fingerprint density at radius 3 is 2.26 bits per heavy atom. The van der Waals surface area contributed by atoms with Crippen molar-refractivity contribution in [2.45, 2.75) is 38.6 Å². The van der Waals surface area contributed by atoms with Gasteiger partial charge in [-0.3, -0.25) is 4.79 Å². The monoisotopic (exact) mass is 397 g/mol. The summed E-state index contributed by atoms with van der Waals surface area (Å²) in [4.78, 5) is 27.5. The Bertz CT molecular complexity index is 801. The van der Waals surface area contributed by atoms with E-state index in [1.54, 1.807) is 24.0 Å². The van der Waals surface area contributed by atoms with Gasteiger partial charge in [-0.15, -0.1) is 0 Å². The first kappa shape index (κ1) is 21.2. The highest BCUT2D eigenvalue weighted by Gasteiger charge is 2.29. The van der Waals surface area contributed by atoms with E-state index in [1.165, 1.54) is 17.9 Å². The van der Waals surface area contributed by atoms with Crippen LogP contribution in [-0.4, -0.2) is 69.0 Å². The molecule has 0 unspecified atom stereocenters. The Morgan fingerprint density at radius 1 is 1.11 bits per heavy atom. The summed E-state index contributed by atoms with van der Waals surface area (Å²) in [6.07, 6.45) is -0.395. The number of hydrogen-bond acceptors (Lipinski definition) is 5. The van der Waals surface area contributed by atoms with Gasteiger partial charge in [0.25, 0.3) is 0 Å². The van der Waals surface area contributed by atoms with Crippen molar-refractivity contribution in [3.8, 4) is 0 Å². The molecule has 1 fully saturated rings. The van der Waals surface area contributed by atoms with Crippen LogP contribution in [-0.2, 0) is 19.6 Å². The lowest BCUT2D eigenvalue weighted by Crippen LogP contribution is -2.55. The van der Waals surface area contributed by atoms with E-state index in [4.69, 9.17) is 4.74 Å². The number of carbonyl (C=O) groups excluding carboxylic acids is 2. The lowest BCUT2D eigenvalue weighted by molar-refractivity contribution is -0.134. The Morgan fingerprint density at radius 2 is 1.70 bits per heavy atom. The largest absolute Gasteiger partial charge is 0.450 e. The van der Waals surface area contributed by atoms with Crippen LogP contribution in [0.2, 0.25) is 0 Å². The Kier molecular flexibility index (Phi) is 6.83. The number of rotatable bonds is 5. The molecule has 8 nitrogen and oxygen atoms in total. The maximum Gasteiger partial charge on any atom is 0.409 e. The van der Waals surface area contributed by atoms with Crippen molar-refractivity contribution in [1.29, 1.82) is 0 Å². The van der Waals surface area contributed by atoms with E-state index in [2.05, 4.69) is 4.72 Å². The normalized spacial score (nSPS) is 16.1. The van der Waals surface area contributed by atoms with E-state index >= 15 is 0 Å². The van der Waals surface area contributed by atoms with Gasteiger partial charge in [0, 0.05) is 26.2 Å². The molecule has 2 rings (SSSR count). The van der Waals surface area contributed by atoms with Crippen molar-refractivity contribution in [3.05, 3.63) is 29.3 Å². The molecule has 0 spiro atoms. The van der Waals surface area contributed by atoms with Crippen molar-refractivity contribution in [3.63, 3.8) is 0 Å². The molecule has 27 heavy (non-hydrogen) atoms. The van der Waals surface area contributed by atoms with Crippen LogP contribution in [0.3, 0.4) is 0 Å². The second kappa shape index (κ2) is 8.71. The highest BCUT2D eigenvalue weighted by molar-refractivity contribution is 7.89. The molecule has 1 aliphatic rings. The van der Waals surface area contributed by atoms with Crippen LogP contribution in [0.15, 0.2) is 23.1 Å². The van der Waals surface area contributed by atoms with Crippen LogP contribution < -0.4 is 4.72 Å². The molecule has 150 valence electrons. The predicted molar refractivity (Wildman–Crippen MR) is 101 cm³/mol. The molecule has 1 atom stereocenters. The molecule has 9 heteroatoms. The van der Waals surface area contributed by atoms with Crippen molar-refractivity contribution in [2.24, 2.45) is 0 Å². The van der Waals surface area contributed by atoms with Gasteiger partial charge in [0.15, 0.2) is 0 Å². The number of piperazine rings is 1. The minimum atomic E-state index is -3.80. The van der Waals surface area contributed by atoms with Crippen molar-refractivity contribution < 1.29 is 22.7 Å². The Balaban J connectivity index is 1.97. The number of nitrogens with zero attached hydrogens (tertiary/aromatic N) is 2. The van der Waals surface area contributed by atoms with Gasteiger partial charge in [0.1, 0.15) is 0 Å². The minimum absolute atomic E-state index is 0.136. The molecular formula is C18H27N3O5S. The lowest BCUT2D eigenvalue weighted by Gasteiger charge is -2.35. The summed E-state index contributed by atoms with van der Waals surface area (Å²) in [5.74, 6) is -0.314. The van der Waals surface area contributed by atoms with E-state index in [0.29, 0.717) is 32.8 Å². The third-order valence-electron chi connectivity index (χ3n) is 4.61. The molecule has 1 aliphatic heterocycles. The molecule has 0 aliphatic carbocycles. The second-order valence-corrected chi connectivity index (χ2v) is 8.31. The molecule has 0 bridgehead atoms. The van der Waals surface area contributed by atoms with Gasteiger partial charge in [-0.05, 0) is 51.0 Å². The first-order valence-corrected chi connectivity index (χ1v) is 10.4. The number of hydrogen-bond donors (Lipinski definition) is 1. The average molecular weight is 397 g/mol. The van der Waals surface area contributed by atoms with Gasteiger partial charge >= 0.3 is 6.09 Å². The highest BCUT2D eigenvalue weighted by Crippen LogP contribution is 2.15. The first-order valence-electron chi connectivity index (χ1n) is 8.95. The van der Waals surface area contributed by atoms with Gasteiger partial charge in [0.2, 0.25) is 15.9 Å². The van der Waals surface area contributed by atoms with Crippen LogP contribution in [0.5, 0.6) is 0 Å². The molecule has 0 radical (unpaired) electrons. The number of amides is 2. The zero-order chi connectivity index (χ0) is 20.2. The Labute approximate surface area is 160 Å². The third-order valence-corrected chi connectivity index (χ3v) is 6.15. The number of nitrogens with one attached hydrogen (secondary N) is 1. The number of benzene rings is 1. The van der Waals surface area contributed by atoms with Crippen LogP contribution in [0.4, 0.5) is 4.79 Å². The fourth-order valence-corrected chi connectivity index (χ4v) is 4.11. The van der Waals surface area contributed by atoms with E-state index in [1.807, 2.05) is 13.8 Å². The molecule has 1 saturated heterocycles. The summed E-state index contributed by atoms with van der Waals surface area (Å²) >= 11 is 0. The summed E-state index contributed by atoms with van der Waals surface area (Å²) in [5, 5.41) is 0. The second-order valence-electron chi connectivity index (χ2n) is 6.60. The Hall–Kier alpha value is -2.13. The fraction of sp³-hybridized carbons (Fsp3) is 0.556. The van der Waals surface area contributed by atoms with Crippen LogP contribution in [0.1, 0.15) is 25.0 Å². The molecule has 2 amide bonds. The molecule has 1 aromatic carbocycles. The van der Waals surface area contributed by atoms with Crippen molar-refractivity contribution in [1.82, 2.24) is 14.5 Å². The zero-order valence-electron chi connectivity index (χ0n) is 16.2. The van der Waals surface area contributed by atoms with Crippen molar-refractivity contribution >= 4 is 22.0 Å². The summed E-state index contributed by atoms with van der Waals surface area (Å²) < 4.78 is 32.5. The van der Waals surface area contributed by atoms with Gasteiger partial charge in [-0.25, -0.2) is 13.2 Å². The molecule has 1 aromatic rings. The molecule has 1 N–H and O–H groups in total. The maximum atomic E-state index is 12.6. The SMILES string of the molecule is CCOC(=O)N1CCN(C(=O)[C@H](C)NS(=O)(=O)c2ccc(C)c(C)c2)CC1. The fourth-order valence-electron chi connectivity index (χ4n) is 2.83. The topological polar surface area (TPSA) is 96.0 Å². The van der Waals surface area contributed by atoms with Crippen LogP contribution in [0, 0.1) is 13.8 Å². The first-order chi connectivity index (χ1) is 12.7. The molecular weight excluding hydrogens is 370 g/mol. The van der Waals surface area contributed by atoms with Gasteiger partial charge in [0.05, 0.1) is 17.5 Å². The number of aryl methyl sites for hydroxylation is 2. The summed E-state index contributed by atoms with van der Waals surface area (Å²) in [6.45, 7) is 8.71. The number of sulfonamides is 1. The van der Waals surface area contributed by atoms with Gasteiger partial charge < -0.3 is 14.5 Å². The van der Waals surface area contributed by atoms with Crippen LogP contribution >= 0.6 is 0 Å². The van der Waals surface area contributed by atoms with Gasteiger partial charge in [-0.2, -0.15) is 4.72 Å². The minimum Gasteiger partial charge on any atom is -0.450 e. The maximum absolute atomic E-state index is 12.6. The smallest absolute Gasteiger partial charge is 0.409 e. The third kappa shape index (κ3) is 5.20. The average Bonchev–Trinajstić information content (AvgIpc) is 2.63. The summed E-state index contributed by atoms with van der Waals surface area (Å²) in [5.41, 5.74) is 1.87. The standard InChI is InChI=1S/C18H27N3O5S/c1-5-26-18(23)21-10-8-20(9-11-21)17(22)15(4)19-27(24,25)16-7-6-13(2)14(3)12-16/h6-7,12,15,19H,5,8-11H2,1-4H3/t15-/m0/s1. The summed E-state index contributed by atoms with van der Waals surface area (Å²) in [7, 11) is -3.80. The van der Waals surface area contributed by atoms with E-state index in [0.717, 1.165) is 11.1 Å². The molecule has 1 heterocycles. The quantitative estimate of drug-likeness (QED) is 0.807. The lowest BCUT2D eigenvalue weighted by atomic mass is 10.1. The number of ether oxygens (including phenoxy) is 1. The van der Waals surface area contributed by atoms with Crippen LogP contribution in [0.25, 0.3) is 0 Å². The predicted octanol–water partition coefficient (Wildman–Crippen LogP) is 1.27. The number of carbonyl (C=O) groups is 2. The molecule has 0 saturated carbocycles. The van der Waals surface area contributed by atoms with E-state index < -0.39 is 22.2 Å². The highest BCUT2D eigenvalue weighted by atomic mass is 32.2. The molecule has 0 aromatic heterocycles. The van der Waals surface area contributed by atoms with E-state index in [-0.39, 0.29) is 10.8 Å². The van der Waals surface area contributed by atoms with E-state index in [9.17, 15) is 18.0 Å². The summed E-state index contributed by atoms with van der Waals surface area (Å²) in [6, 6.07) is 3.96. The zero-order valence-corrected chi connectivity index (χ0v) is 17.0.